The molecule has 5 heteroatoms. The van der Waals surface area contributed by atoms with Gasteiger partial charge < -0.3 is 20.1 Å². The van der Waals surface area contributed by atoms with Crippen molar-refractivity contribution in [3.8, 4) is 0 Å². The van der Waals surface area contributed by atoms with Gasteiger partial charge in [0.05, 0.1) is 0 Å². The topological polar surface area (TPSA) is 69.9 Å². The Hall–Kier alpha value is -0.230. The Kier molecular flexibility index (Phi) is 2.20. The summed E-state index contributed by atoms with van der Waals surface area (Å²) in [5.41, 5.74) is 0. The van der Waals surface area contributed by atoms with E-state index < -0.39 is 31.3 Å². The van der Waals surface area contributed by atoms with Crippen molar-refractivity contribution in [2.75, 3.05) is 6.67 Å². The molecular formula is C5H9FO4. The predicted octanol–water partition coefficient (Wildman–Crippen LogP) is -1.61. The van der Waals surface area contributed by atoms with Crippen molar-refractivity contribution in [2.24, 2.45) is 0 Å². The second-order valence-corrected chi connectivity index (χ2v) is 2.20. The zero-order valence-electron chi connectivity index (χ0n) is 5.14. The first-order chi connectivity index (χ1) is 4.66. The lowest BCUT2D eigenvalue weighted by Gasteiger charge is -2.08. The molecule has 0 amide bonds. The van der Waals surface area contributed by atoms with Crippen molar-refractivity contribution >= 4 is 0 Å². The van der Waals surface area contributed by atoms with Gasteiger partial charge in [0, 0.05) is 0 Å². The summed E-state index contributed by atoms with van der Waals surface area (Å²) in [6, 6.07) is 0. The van der Waals surface area contributed by atoms with E-state index in [-0.39, 0.29) is 0 Å². The number of aliphatic hydroxyl groups excluding tert-OH is 3. The van der Waals surface area contributed by atoms with Gasteiger partial charge in [-0.1, -0.05) is 0 Å². The van der Waals surface area contributed by atoms with E-state index >= 15 is 0 Å². The minimum Gasteiger partial charge on any atom is -0.387 e. The Morgan fingerprint density at radius 1 is 1.20 bits per heavy atom. The van der Waals surface area contributed by atoms with Crippen LogP contribution in [0.2, 0.25) is 0 Å². The van der Waals surface area contributed by atoms with Gasteiger partial charge >= 0.3 is 0 Å². The molecule has 0 bridgehead atoms. The molecule has 0 spiro atoms. The Bertz CT molecular complexity index is 120. The van der Waals surface area contributed by atoms with Crippen LogP contribution >= 0.6 is 0 Å². The van der Waals surface area contributed by atoms with Crippen LogP contribution in [0.3, 0.4) is 0 Å². The summed E-state index contributed by atoms with van der Waals surface area (Å²) in [5.74, 6) is 0. The van der Waals surface area contributed by atoms with Gasteiger partial charge in [0.1, 0.15) is 25.0 Å². The van der Waals surface area contributed by atoms with E-state index in [1.807, 2.05) is 0 Å². The normalized spacial score (nSPS) is 48.0. The molecular weight excluding hydrogens is 143 g/mol. The minimum atomic E-state index is -1.46. The van der Waals surface area contributed by atoms with Crippen molar-refractivity contribution in [2.45, 2.75) is 24.6 Å². The summed E-state index contributed by atoms with van der Waals surface area (Å²) < 4.78 is 16.2. The van der Waals surface area contributed by atoms with Crippen LogP contribution < -0.4 is 0 Å². The monoisotopic (exact) mass is 152 g/mol. The van der Waals surface area contributed by atoms with Gasteiger partial charge in [-0.3, -0.25) is 0 Å². The van der Waals surface area contributed by atoms with Crippen LogP contribution in [0.5, 0.6) is 0 Å². The van der Waals surface area contributed by atoms with E-state index in [2.05, 4.69) is 4.74 Å². The maximum absolute atomic E-state index is 11.8. The third kappa shape index (κ3) is 1.13. The first-order valence-corrected chi connectivity index (χ1v) is 2.92. The first kappa shape index (κ1) is 7.87. The molecule has 1 fully saturated rings. The molecule has 1 aliphatic heterocycles. The van der Waals surface area contributed by atoms with Crippen LogP contribution in [-0.2, 0) is 4.74 Å². The standard InChI is InChI=1S/C5H9FO4/c6-1-2-3(7)4(8)5(9)10-2/h2-5,7-9H,1H2/t2-,3-,4-,5?/m1/s1. The van der Waals surface area contributed by atoms with Crippen LogP contribution in [-0.4, -0.2) is 46.6 Å². The highest BCUT2D eigenvalue weighted by atomic mass is 19.1. The molecule has 0 aromatic carbocycles. The number of hydrogen-bond donors (Lipinski definition) is 3. The third-order valence-corrected chi connectivity index (χ3v) is 1.49. The van der Waals surface area contributed by atoms with Crippen molar-refractivity contribution in [3.05, 3.63) is 0 Å². The summed E-state index contributed by atoms with van der Waals surface area (Å²) in [4.78, 5) is 0. The lowest BCUT2D eigenvalue weighted by Crippen LogP contribution is -2.33. The molecule has 0 aromatic rings. The summed E-state index contributed by atoms with van der Waals surface area (Å²) in [7, 11) is 0. The van der Waals surface area contributed by atoms with E-state index in [1.165, 1.54) is 0 Å². The lowest BCUT2D eigenvalue weighted by molar-refractivity contribution is -0.129. The highest BCUT2D eigenvalue weighted by molar-refractivity contribution is 4.84. The number of ether oxygens (including phenoxy) is 1. The van der Waals surface area contributed by atoms with Gasteiger partial charge in [-0.25, -0.2) is 4.39 Å². The van der Waals surface area contributed by atoms with Crippen molar-refractivity contribution in [1.29, 1.82) is 0 Å². The van der Waals surface area contributed by atoms with E-state index in [1.54, 1.807) is 0 Å². The van der Waals surface area contributed by atoms with E-state index in [9.17, 15) is 4.39 Å². The van der Waals surface area contributed by atoms with Crippen molar-refractivity contribution in [3.63, 3.8) is 0 Å². The third-order valence-electron chi connectivity index (χ3n) is 1.49. The number of halogens is 1. The van der Waals surface area contributed by atoms with Crippen molar-refractivity contribution in [1.82, 2.24) is 0 Å². The van der Waals surface area contributed by atoms with Gasteiger partial charge in [-0.15, -0.1) is 0 Å². The molecule has 3 N–H and O–H groups in total. The predicted molar refractivity (Wildman–Crippen MR) is 28.9 cm³/mol. The largest absolute Gasteiger partial charge is 0.387 e. The number of rotatable bonds is 1. The van der Waals surface area contributed by atoms with Crippen LogP contribution in [0.4, 0.5) is 4.39 Å². The maximum atomic E-state index is 11.8. The summed E-state index contributed by atoms with van der Waals surface area (Å²) in [6.45, 7) is -0.907. The van der Waals surface area contributed by atoms with Gasteiger partial charge in [0.15, 0.2) is 6.29 Å². The molecule has 1 unspecified atom stereocenters. The maximum Gasteiger partial charge on any atom is 0.184 e. The number of alkyl halides is 1. The zero-order chi connectivity index (χ0) is 7.72. The van der Waals surface area contributed by atoms with E-state index in [4.69, 9.17) is 15.3 Å². The molecule has 10 heavy (non-hydrogen) atoms. The second kappa shape index (κ2) is 2.79. The fourth-order valence-corrected chi connectivity index (χ4v) is 0.856. The van der Waals surface area contributed by atoms with Crippen molar-refractivity contribution < 1.29 is 24.4 Å². The molecule has 1 aliphatic rings. The molecule has 0 saturated carbocycles. The average Bonchev–Trinajstić information content (AvgIpc) is 2.17. The van der Waals surface area contributed by atoms with E-state index in [0.717, 1.165) is 0 Å². The van der Waals surface area contributed by atoms with Crippen LogP contribution in [0.25, 0.3) is 0 Å². The molecule has 0 aliphatic carbocycles. The van der Waals surface area contributed by atoms with Gasteiger partial charge in [-0.05, 0) is 0 Å². The fourth-order valence-electron chi connectivity index (χ4n) is 0.856. The van der Waals surface area contributed by atoms with Crippen LogP contribution in [0.15, 0.2) is 0 Å². The molecule has 60 valence electrons. The molecule has 1 heterocycles. The highest BCUT2D eigenvalue weighted by Gasteiger charge is 2.41. The summed E-state index contributed by atoms with van der Waals surface area (Å²) in [5, 5.41) is 26.3. The minimum absolute atomic E-state index is 0.907. The van der Waals surface area contributed by atoms with Gasteiger partial charge in [0.25, 0.3) is 0 Å². The second-order valence-electron chi connectivity index (χ2n) is 2.20. The quantitative estimate of drug-likeness (QED) is 0.423. The fraction of sp³-hybridized carbons (Fsp3) is 1.00. The smallest absolute Gasteiger partial charge is 0.184 e. The van der Waals surface area contributed by atoms with Gasteiger partial charge in [0.2, 0.25) is 0 Å². The van der Waals surface area contributed by atoms with Gasteiger partial charge in [-0.2, -0.15) is 0 Å². The highest BCUT2D eigenvalue weighted by Crippen LogP contribution is 2.19. The molecule has 4 nitrogen and oxygen atoms in total. The SMILES string of the molecule is OC1O[C@H](CF)[C@@H](O)[C@H]1O. The van der Waals surface area contributed by atoms with E-state index in [0.29, 0.717) is 0 Å². The Morgan fingerprint density at radius 3 is 2.00 bits per heavy atom. The van der Waals surface area contributed by atoms with Crippen LogP contribution in [0, 0.1) is 0 Å². The summed E-state index contributed by atoms with van der Waals surface area (Å²) >= 11 is 0. The average molecular weight is 152 g/mol. The Morgan fingerprint density at radius 2 is 1.80 bits per heavy atom. The molecule has 4 atom stereocenters. The first-order valence-electron chi connectivity index (χ1n) is 2.92. The molecule has 1 saturated heterocycles. The zero-order valence-corrected chi connectivity index (χ0v) is 5.14. The Labute approximate surface area is 56.9 Å². The number of aliphatic hydroxyl groups is 3. The van der Waals surface area contributed by atoms with Crippen LogP contribution in [0.1, 0.15) is 0 Å². The lowest BCUT2D eigenvalue weighted by atomic mass is 10.1. The number of hydrogen-bond acceptors (Lipinski definition) is 4. The molecule has 0 radical (unpaired) electrons. The molecule has 0 aromatic heterocycles. The Balaban J connectivity index is 2.53. The molecule has 1 rings (SSSR count). The summed E-state index contributed by atoms with van der Waals surface area (Å²) in [6.07, 6.45) is -5.26.